The smallest absolute Gasteiger partial charge is 0.115 e. The largest absolute Gasteiger partial charge is 0.508 e. The number of aromatic hydroxyl groups is 1. The molecule has 2 N–H and O–H groups in total. The van der Waals surface area contributed by atoms with Gasteiger partial charge in [0.2, 0.25) is 0 Å². The SMILES string of the molecule is C1CN1.Oc1ccccc1. The van der Waals surface area contributed by atoms with E-state index < -0.39 is 0 Å². The minimum atomic E-state index is 0.322. The lowest BCUT2D eigenvalue weighted by Gasteiger charge is -1.82. The van der Waals surface area contributed by atoms with Crippen molar-refractivity contribution in [2.75, 3.05) is 13.1 Å². The number of para-hydroxylation sites is 1. The second-order valence-electron chi connectivity index (χ2n) is 2.09. The van der Waals surface area contributed by atoms with Gasteiger partial charge in [-0.05, 0) is 12.1 Å². The fraction of sp³-hybridized carbons (Fsp3) is 0.250. The summed E-state index contributed by atoms with van der Waals surface area (Å²) in [7, 11) is 0. The van der Waals surface area contributed by atoms with Crippen molar-refractivity contribution in [2.45, 2.75) is 0 Å². The van der Waals surface area contributed by atoms with Crippen LogP contribution in [0.4, 0.5) is 0 Å². The summed E-state index contributed by atoms with van der Waals surface area (Å²) >= 11 is 0. The molecule has 10 heavy (non-hydrogen) atoms. The second-order valence-corrected chi connectivity index (χ2v) is 2.09. The van der Waals surface area contributed by atoms with E-state index in [4.69, 9.17) is 5.11 Å². The summed E-state index contributed by atoms with van der Waals surface area (Å²) in [6, 6.07) is 8.71. The normalized spacial score (nSPS) is 13.2. The van der Waals surface area contributed by atoms with Crippen LogP contribution in [-0.2, 0) is 0 Å². The molecule has 1 aromatic rings. The predicted molar refractivity (Wildman–Crippen MR) is 41.0 cm³/mol. The Morgan fingerprint density at radius 1 is 1.10 bits per heavy atom. The molecule has 0 amide bonds. The van der Waals surface area contributed by atoms with E-state index in [-0.39, 0.29) is 0 Å². The molecule has 0 atom stereocenters. The summed E-state index contributed by atoms with van der Waals surface area (Å²) in [6.45, 7) is 2.50. The van der Waals surface area contributed by atoms with E-state index >= 15 is 0 Å². The van der Waals surface area contributed by atoms with Gasteiger partial charge in [0.25, 0.3) is 0 Å². The Morgan fingerprint density at radius 2 is 1.60 bits per heavy atom. The fourth-order valence-corrected chi connectivity index (χ4v) is 0.428. The summed E-state index contributed by atoms with van der Waals surface area (Å²) in [5, 5.41) is 11.6. The Hall–Kier alpha value is -1.02. The highest BCUT2D eigenvalue weighted by molar-refractivity contribution is 5.18. The van der Waals surface area contributed by atoms with Crippen LogP contribution in [0.25, 0.3) is 0 Å². The molecular weight excluding hydrogens is 126 g/mol. The van der Waals surface area contributed by atoms with Crippen LogP contribution in [0, 0.1) is 0 Å². The zero-order chi connectivity index (χ0) is 7.23. The molecule has 2 heteroatoms. The van der Waals surface area contributed by atoms with E-state index in [9.17, 15) is 0 Å². The third-order valence-electron chi connectivity index (χ3n) is 1.01. The Balaban J connectivity index is 0.000000138. The molecule has 1 aliphatic rings. The molecule has 0 saturated carbocycles. The van der Waals surface area contributed by atoms with Gasteiger partial charge in [-0.1, -0.05) is 18.2 Å². The molecule has 0 aliphatic carbocycles. The monoisotopic (exact) mass is 137 g/mol. The number of hydrogen-bond donors (Lipinski definition) is 2. The summed E-state index contributed by atoms with van der Waals surface area (Å²) in [5.41, 5.74) is 0. The number of phenols is 1. The van der Waals surface area contributed by atoms with Gasteiger partial charge in [0.1, 0.15) is 5.75 Å². The minimum Gasteiger partial charge on any atom is -0.508 e. The lowest BCUT2D eigenvalue weighted by atomic mass is 10.3. The molecule has 1 heterocycles. The topological polar surface area (TPSA) is 42.2 Å². The van der Waals surface area contributed by atoms with Crippen molar-refractivity contribution in [2.24, 2.45) is 0 Å². The molecule has 0 unspecified atom stereocenters. The first kappa shape index (κ1) is 7.09. The Morgan fingerprint density at radius 3 is 1.80 bits per heavy atom. The first-order valence-electron chi connectivity index (χ1n) is 3.34. The average Bonchev–Trinajstić information content (AvgIpc) is 2.73. The van der Waals surface area contributed by atoms with Crippen molar-refractivity contribution in [3.63, 3.8) is 0 Å². The van der Waals surface area contributed by atoms with Crippen molar-refractivity contribution >= 4 is 0 Å². The van der Waals surface area contributed by atoms with E-state index in [1.165, 1.54) is 13.1 Å². The third-order valence-corrected chi connectivity index (χ3v) is 1.01. The molecule has 54 valence electrons. The first-order chi connectivity index (χ1) is 4.89. The molecule has 2 nitrogen and oxygen atoms in total. The second kappa shape index (κ2) is 3.90. The van der Waals surface area contributed by atoms with Crippen molar-refractivity contribution in [3.8, 4) is 5.75 Å². The van der Waals surface area contributed by atoms with Crippen LogP contribution in [0.2, 0.25) is 0 Å². The number of rotatable bonds is 0. The number of hydrogen-bond acceptors (Lipinski definition) is 2. The summed E-state index contributed by atoms with van der Waals surface area (Å²) in [6.07, 6.45) is 0. The van der Waals surface area contributed by atoms with Crippen molar-refractivity contribution in [1.29, 1.82) is 0 Å². The Kier molecular flexibility index (Phi) is 2.77. The van der Waals surface area contributed by atoms with E-state index in [2.05, 4.69) is 5.32 Å². The average molecular weight is 137 g/mol. The quantitative estimate of drug-likeness (QED) is 0.523. The molecule has 1 aliphatic heterocycles. The maximum absolute atomic E-state index is 8.63. The van der Waals surface area contributed by atoms with Crippen molar-refractivity contribution < 1.29 is 5.11 Å². The van der Waals surface area contributed by atoms with E-state index in [0.29, 0.717) is 5.75 Å². The van der Waals surface area contributed by atoms with Gasteiger partial charge in [0, 0.05) is 13.1 Å². The van der Waals surface area contributed by atoms with E-state index in [1.54, 1.807) is 24.3 Å². The summed E-state index contributed by atoms with van der Waals surface area (Å²) < 4.78 is 0. The van der Waals surface area contributed by atoms with Crippen LogP contribution in [0.15, 0.2) is 30.3 Å². The first-order valence-corrected chi connectivity index (χ1v) is 3.34. The molecule has 0 spiro atoms. The van der Waals surface area contributed by atoms with Gasteiger partial charge >= 0.3 is 0 Å². The van der Waals surface area contributed by atoms with Crippen LogP contribution in [0.3, 0.4) is 0 Å². The van der Waals surface area contributed by atoms with E-state index in [1.807, 2.05) is 6.07 Å². The zero-order valence-electron chi connectivity index (χ0n) is 5.75. The predicted octanol–water partition coefficient (Wildman–Crippen LogP) is 0.982. The molecule has 0 radical (unpaired) electrons. The van der Waals surface area contributed by atoms with Gasteiger partial charge in [-0.15, -0.1) is 0 Å². The van der Waals surface area contributed by atoms with Crippen LogP contribution in [-0.4, -0.2) is 18.2 Å². The van der Waals surface area contributed by atoms with E-state index in [0.717, 1.165) is 0 Å². The standard InChI is InChI=1S/C6H6O.C2H5N/c7-6-4-2-1-3-5-6;1-2-3-1/h1-5,7H;3H,1-2H2. The van der Waals surface area contributed by atoms with Gasteiger partial charge in [0.05, 0.1) is 0 Å². The van der Waals surface area contributed by atoms with Crippen LogP contribution in [0.5, 0.6) is 5.75 Å². The summed E-state index contributed by atoms with van der Waals surface area (Å²) in [4.78, 5) is 0. The maximum Gasteiger partial charge on any atom is 0.115 e. The lowest BCUT2D eigenvalue weighted by Crippen LogP contribution is -1.56. The van der Waals surface area contributed by atoms with Crippen molar-refractivity contribution in [1.82, 2.24) is 5.32 Å². The van der Waals surface area contributed by atoms with Crippen LogP contribution >= 0.6 is 0 Å². The molecule has 1 aromatic carbocycles. The molecule has 2 rings (SSSR count). The zero-order valence-corrected chi connectivity index (χ0v) is 5.75. The number of phenolic OH excluding ortho intramolecular Hbond substituents is 1. The third kappa shape index (κ3) is 3.92. The molecule has 0 bridgehead atoms. The van der Waals surface area contributed by atoms with Crippen LogP contribution < -0.4 is 5.32 Å². The molecule has 0 aromatic heterocycles. The minimum absolute atomic E-state index is 0.322. The Labute approximate surface area is 60.5 Å². The highest BCUT2D eigenvalue weighted by Crippen LogP contribution is 2.02. The molecular formula is C8H11NO. The van der Waals surface area contributed by atoms with Gasteiger partial charge in [0.15, 0.2) is 0 Å². The highest BCUT2D eigenvalue weighted by atomic mass is 16.3. The van der Waals surface area contributed by atoms with Gasteiger partial charge in [-0.2, -0.15) is 0 Å². The van der Waals surface area contributed by atoms with Crippen LogP contribution in [0.1, 0.15) is 0 Å². The fourth-order valence-electron chi connectivity index (χ4n) is 0.428. The maximum atomic E-state index is 8.63. The number of benzene rings is 1. The molecule has 1 fully saturated rings. The van der Waals surface area contributed by atoms with Gasteiger partial charge in [-0.3, -0.25) is 0 Å². The number of nitrogens with one attached hydrogen (secondary N) is 1. The summed E-state index contributed by atoms with van der Waals surface area (Å²) in [5.74, 6) is 0.322. The highest BCUT2D eigenvalue weighted by Gasteiger charge is 1.91. The van der Waals surface area contributed by atoms with Gasteiger partial charge in [-0.25, -0.2) is 0 Å². The molecule has 1 saturated heterocycles. The van der Waals surface area contributed by atoms with Crippen molar-refractivity contribution in [3.05, 3.63) is 30.3 Å². The lowest BCUT2D eigenvalue weighted by molar-refractivity contribution is 0.475. The van der Waals surface area contributed by atoms with Gasteiger partial charge < -0.3 is 10.4 Å². The Bertz CT molecular complexity index is 169.